The molecule has 0 bridgehead atoms. The molecule has 0 spiro atoms. The van der Waals surface area contributed by atoms with Gasteiger partial charge >= 0.3 is 6.16 Å². The van der Waals surface area contributed by atoms with Crippen molar-refractivity contribution in [2.75, 3.05) is 11.9 Å². The third-order valence-corrected chi connectivity index (χ3v) is 8.45. The van der Waals surface area contributed by atoms with E-state index in [1.165, 1.54) is 5.56 Å². The highest BCUT2D eigenvalue weighted by Crippen LogP contribution is 2.28. The van der Waals surface area contributed by atoms with Crippen LogP contribution in [0, 0.1) is 11.8 Å². The minimum atomic E-state index is -0.818. The molecule has 2 amide bonds. The zero-order valence-electron chi connectivity index (χ0n) is 23.8. The molecule has 1 saturated carbocycles. The molecular weight excluding hydrogens is 598 g/mol. The molecular formula is C33H38BrN3O5. The first-order valence-corrected chi connectivity index (χ1v) is 15.2. The highest BCUT2D eigenvalue weighted by molar-refractivity contribution is 9.10. The summed E-state index contributed by atoms with van der Waals surface area (Å²) >= 11 is 3.43. The van der Waals surface area contributed by atoms with E-state index in [2.05, 4.69) is 33.5 Å². The largest absolute Gasteiger partial charge is 0.514 e. The number of rotatable bonds is 11. The minimum absolute atomic E-state index is 0.0733. The number of amides is 2. The fraction of sp³-hybridized carbons (Fsp3) is 0.364. The van der Waals surface area contributed by atoms with E-state index in [-0.39, 0.29) is 30.8 Å². The Morgan fingerprint density at radius 3 is 2.24 bits per heavy atom. The lowest BCUT2D eigenvalue weighted by Gasteiger charge is -2.28. The number of nitrogens with one attached hydrogen (secondary N) is 2. The zero-order chi connectivity index (χ0) is 29.9. The first kappa shape index (κ1) is 31.3. The Balaban J connectivity index is 1.38. The number of hydrogen-bond donors (Lipinski definition) is 3. The number of halogens is 1. The Hall–Kier alpha value is -3.69. The highest BCUT2D eigenvalue weighted by atomic mass is 79.9. The van der Waals surface area contributed by atoms with Crippen LogP contribution in [0.25, 0.3) is 0 Å². The normalized spacial score (nSPS) is 17.1. The summed E-state index contributed by atoms with van der Waals surface area (Å²) in [6, 6.07) is 21.2. The fourth-order valence-corrected chi connectivity index (χ4v) is 5.42. The number of anilines is 1. The van der Waals surface area contributed by atoms with Gasteiger partial charge in [0.25, 0.3) is 0 Å². The van der Waals surface area contributed by atoms with E-state index in [0.29, 0.717) is 23.9 Å². The molecule has 0 aliphatic heterocycles. The molecule has 0 saturated heterocycles. The summed E-state index contributed by atoms with van der Waals surface area (Å²) in [5, 5.41) is 5.95. The molecule has 222 valence electrons. The Kier molecular flexibility index (Phi) is 11.5. The van der Waals surface area contributed by atoms with Crippen molar-refractivity contribution in [1.29, 1.82) is 0 Å². The number of carbonyl (C=O) groups is 3. The lowest BCUT2D eigenvalue weighted by Crippen LogP contribution is -2.48. The van der Waals surface area contributed by atoms with E-state index in [1.54, 1.807) is 24.3 Å². The molecule has 4 N–H and O–H groups in total. The summed E-state index contributed by atoms with van der Waals surface area (Å²) in [6.45, 7) is 2.78. The Morgan fingerprint density at radius 2 is 1.60 bits per heavy atom. The first-order chi connectivity index (χ1) is 20.3. The zero-order valence-corrected chi connectivity index (χ0v) is 25.4. The molecule has 1 atom stereocenters. The van der Waals surface area contributed by atoms with Crippen LogP contribution < -0.4 is 21.1 Å². The first-order valence-electron chi connectivity index (χ1n) is 14.4. The van der Waals surface area contributed by atoms with Crippen molar-refractivity contribution in [3.05, 3.63) is 94.0 Å². The predicted octanol–water partition coefficient (Wildman–Crippen LogP) is 6.16. The van der Waals surface area contributed by atoms with Gasteiger partial charge < -0.3 is 25.8 Å². The second-order valence-corrected chi connectivity index (χ2v) is 11.5. The van der Waals surface area contributed by atoms with Gasteiger partial charge in [-0.3, -0.25) is 9.59 Å². The number of ether oxygens (including phenoxy) is 2. The number of benzene rings is 3. The Morgan fingerprint density at radius 1 is 0.929 bits per heavy atom. The molecule has 1 aliphatic rings. The van der Waals surface area contributed by atoms with E-state index in [4.69, 9.17) is 15.2 Å². The molecule has 8 nitrogen and oxygen atoms in total. The van der Waals surface area contributed by atoms with Gasteiger partial charge in [-0.25, -0.2) is 4.79 Å². The molecule has 3 aromatic carbocycles. The smallest absolute Gasteiger partial charge is 0.429 e. The summed E-state index contributed by atoms with van der Waals surface area (Å²) in [5.41, 5.74) is 9.28. The number of nitrogens with two attached hydrogens (primary N) is 1. The standard InChI is InChI=1S/C33H38BrN3O5/c1-2-22-9-15-27(16-10-22)36-32(39)30(37-31(38)25-13-7-24(20-35)8-14-25)19-23-11-17-28(18-12-23)42-33(40)41-21-26-5-3-4-6-29(26)34/h3-6,9-12,15-18,24-25,30H,2,7-8,13-14,19-21,35H2,1H3,(H,36,39)(H,37,38)/t24?,25?,30-/m0/s1. The highest BCUT2D eigenvalue weighted by Gasteiger charge is 2.29. The maximum atomic E-state index is 13.4. The van der Waals surface area contributed by atoms with Gasteiger partial charge in [0.2, 0.25) is 11.8 Å². The summed E-state index contributed by atoms with van der Waals surface area (Å²) in [4.78, 5) is 38.8. The lowest BCUT2D eigenvalue weighted by molar-refractivity contribution is -0.130. The van der Waals surface area contributed by atoms with Crippen LogP contribution in [0.5, 0.6) is 5.75 Å². The van der Waals surface area contributed by atoms with Crippen molar-refractivity contribution in [2.45, 2.75) is 58.1 Å². The molecule has 9 heteroatoms. The van der Waals surface area contributed by atoms with E-state index < -0.39 is 12.2 Å². The molecule has 0 radical (unpaired) electrons. The maximum absolute atomic E-state index is 13.4. The second kappa shape index (κ2) is 15.5. The van der Waals surface area contributed by atoms with Crippen LogP contribution >= 0.6 is 15.9 Å². The molecule has 0 unspecified atom stereocenters. The van der Waals surface area contributed by atoms with E-state index >= 15 is 0 Å². The molecule has 0 heterocycles. The van der Waals surface area contributed by atoms with Gasteiger partial charge in [0.15, 0.2) is 0 Å². The topological polar surface area (TPSA) is 120 Å². The van der Waals surface area contributed by atoms with Crippen molar-refractivity contribution >= 4 is 39.6 Å². The van der Waals surface area contributed by atoms with Gasteiger partial charge in [0.1, 0.15) is 18.4 Å². The van der Waals surface area contributed by atoms with Crippen LogP contribution in [0.15, 0.2) is 77.3 Å². The molecule has 1 aliphatic carbocycles. The average Bonchev–Trinajstić information content (AvgIpc) is 3.01. The fourth-order valence-electron chi connectivity index (χ4n) is 5.02. The third-order valence-electron chi connectivity index (χ3n) is 7.68. The number of carbonyl (C=O) groups excluding carboxylic acids is 3. The van der Waals surface area contributed by atoms with Crippen molar-refractivity contribution in [3.63, 3.8) is 0 Å². The van der Waals surface area contributed by atoms with Crippen LogP contribution in [-0.4, -0.2) is 30.6 Å². The summed E-state index contributed by atoms with van der Waals surface area (Å²) in [5.74, 6) is 0.232. The predicted molar refractivity (Wildman–Crippen MR) is 166 cm³/mol. The van der Waals surface area contributed by atoms with Crippen molar-refractivity contribution < 1.29 is 23.9 Å². The van der Waals surface area contributed by atoms with Crippen molar-refractivity contribution in [1.82, 2.24) is 5.32 Å². The van der Waals surface area contributed by atoms with Gasteiger partial charge in [-0.2, -0.15) is 0 Å². The molecule has 3 aromatic rings. The van der Waals surface area contributed by atoms with Crippen LogP contribution in [0.2, 0.25) is 0 Å². The van der Waals surface area contributed by atoms with Gasteiger partial charge in [0, 0.05) is 28.1 Å². The third kappa shape index (κ3) is 9.16. The molecule has 4 rings (SSSR count). The van der Waals surface area contributed by atoms with E-state index in [1.807, 2.05) is 48.5 Å². The number of aryl methyl sites for hydroxylation is 1. The Bertz CT molecular complexity index is 1340. The molecule has 42 heavy (non-hydrogen) atoms. The van der Waals surface area contributed by atoms with Gasteiger partial charge in [-0.15, -0.1) is 0 Å². The average molecular weight is 637 g/mol. The van der Waals surface area contributed by atoms with E-state index in [9.17, 15) is 14.4 Å². The molecule has 1 fully saturated rings. The molecule has 0 aromatic heterocycles. The van der Waals surface area contributed by atoms with Crippen LogP contribution in [-0.2, 0) is 33.8 Å². The summed E-state index contributed by atoms with van der Waals surface area (Å²) in [6.07, 6.45) is 3.73. The van der Waals surface area contributed by atoms with E-state index in [0.717, 1.165) is 47.7 Å². The van der Waals surface area contributed by atoms with Gasteiger partial charge in [-0.1, -0.05) is 65.3 Å². The summed E-state index contributed by atoms with van der Waals surface area (Å²) < 4.78 is 11.4. The Labute approximate surface area is 255 Å². The number of hydrogen-bond acceptors (Lipinski definition) is 6. The second-order valence-electron chi connectivity index (χ2n) is 10.6. The van der Waals surface area contributed by atoms with Crippen LogP contribution in [0.3, 0.4) is 0 Å². The monoisotopic (exact) mass is 635 g/mol. The van der Waals surface area contributed by atoms with Crippen LogP contribution in [0.4, 0.5) is 10.5 Å². The summed E-state index contributed by atoms with van der Waals surface area (Å²) in [7, 11) is 0. The van der Waals surface area contributed by atoms with Gasteiger partial charge in [0.05, 0.1) is 0 Å². The van der Waals surface area contributed by atoms with Crippen molar-refractivity contribution in [3.8, 4) is 5.75 Å². The van der Waals surface area contributed by atoms with Gasteiger partial charge in [-0.05, 0) is 86.0 Å². The van der Waals surface area contributed by atoms with Crippen molar-refractivity contribution in [2.24, 2.45) is 17.6 Å². The quantitative estimate of drug-likeness (QED) is 0.171. The maximum Gasteiger partial charge on any atom is 0.514 e. The SMILES string of the molecule is CCc1ccc(NC(=O)[C@H](Cc2ccc(OC(=O)OCc3ccccc3Br)cc2)NC(=O)C2CCC(CN)CC2)cc1. The minimum Gasteiger partial charge on any atom is -0.429 e. The lowest BCUT2D eigenvalue weighted by atomic mass is 9.81. The van der Waals surface area contributed by atoms with Crippen LogP contribution in [0.1, 0.15) is 49.3 Å².